The molecule has 0 aromatic heterocycles. The van der Waals surface area contributed by atoms with Gasteiger partial charge in [-0.15, -0.1) is 0 Å². The summed E-state index contributed by atoms with van der Waals surface area (Å²) in [6.07, 6.45) is 0. The molecule has 0 amide bonds. The number of ether oxygens (including phenoxy) is 1. The van der Waals surface area contributed by atoms with Crippen LogP contribution in [0.1, 0.15) is 18.5 Å². The van der Waals surface area contributed by atoms with Crippen LogP contribution in [0.5, 0.6) is 5.75 Å². The first kappa shape index (κ1) is 13.3. The maximum Gasteiger partial charge on any atom is 0.119 e. The molecule has 0 spiro atoms. The number of methoxy groups -OCH3 is 1. The topological polar surface area (TPSA) is 12.5 Å². The Morgan fingerprint density at radius 1 is 1.05 bits per heavy atom. The molecule has 0 radical (unpaired) electrons. The molecule has 0 aliphatic carbocycles. The summed E-state index contributed by atoms with van der Waals surface area (Å²) >= 11 is 5.97. The maximum absolute atomic E-state index is 5.97. The van der Waals surface area contributed by atoms with Crippen molar-refractivity contribution in [2.45, 2.75) is 13.0 Å². The fourth-order valence-corrected chi connectivity index (χ4v) is 3.03. The summed E-state index contributed by atoms with van der Waals surface area (Å²) in [5, 5.41) is 0.789. The van der Waals surface area contributed by atoms with E-state index in [1.807, 2.05) is 24.3 Å². The fraction of sp³-hybridized carbons (Fsp3) is 0.294. The molecule has 0 saturated carbocycles. The van der Waals surface area contributed by atoms with Crippen molar-refractivity contribution in [2.75, 3.05) is 18.6 Å². The maximum atomic E-state index is 5.97. The second-order valence-corrected chi connectivity index (χ2v) is 5.76. The quantitative estimate of drug-likeness (QED) is 0.821. The van der Waals surface area contributed by atoms with Gasteiger partial charge in [0.15, 0.2) is 0 Å². The van der Waals surface area contributed by atoms with Crippen molar-refractivity contribution in [3.05, 3.63) is 59.1 Å². The number of halogens is 1. The van der Waals surface area contributed by atoms with Gasteiger partial charge in [-0.05, 0) is 47.9 Å². The van der Waals surface area contributed by atoms with Crippen molar-refractivity contribution in [1.29, 1.82) is 0 Å². The zero-order chi connectivity index (χ0) is 14.1. The number of rotatable bonds is 3. The summed E-state index contributed by atoms with van der Waals surface area (Å²) in [5.41, 5.74) is 2.56. The van der Waals surface area contributed by atoms with Crippen LogP contribution in [0.4, 0.5) is 5.69 Å². The van der Waals surface area contributed by atoms with Crippen LogP contribution >= 0.6 is 11.6 Å². The molecule has 3 heteroatoms. The molecule has 0 unspecified atom stereocenters. The third kappa shape index (κ3) is 2.36. The molecule has 1 aliphatic rings. The van der Waals surface area contributed by atoms with Gasteiger partial charge in [0.25, 0.3) is 0 Å². The average Bonchev–Trinajstić information content (AvgIpc) is 2.47. The van der Waals surface area contributed by atoms with Crippen LogP contribution in [0, 0.1) is 5.92 Å². The van der Waals surface area contributed by atoms with Gasteiger partial charge in [-0.25, -0.2) is 0 Å². The molecule has 1 fully saturated rings. The average molecular weight is 288 g/mol. The molecule has 0 bridgehead atoms. The third-order valence-electron chi connectivity index (χ3n) is 3.98. The summed E-state index contributed by atoms with van der Waals surface area (Å²) in [6, 6.07) is 16.9. The minimum atomic E-state index is 0.431. The van der Waals surface area contributed by atoms with Crippen LogP contribution in [0.2, 0.25) is 5.02 Å². The van der Waals surface area contributed by atoms with Gasteiger partial charge in [0.1, 0.15) is 5.75 Å². The molecule has 0 N–H and O–H groups in total. The molecule has 2 aromatic rings. The zero-order valence-corrected chi connectivity index (χ0v) is 12.5. The lowest BCUT2D eigenvalue weighted by Crippen LogP contribution is -2.48. The van der Waals surface area contributed by atoms with Gasteiger partial charge in [-0.3, -0.25) is 0 Å². The van der Waals surface area contributed by atoms with Crippen molar-refractivity contribution in [3.8, 4) is 5.75 Å². The standard InChI is InChI=1S/C17H18ClNO/c1-12-11-19(15-7-9-16(20-2)10-8-15)17(12)13-3-5-14(18)6-4-13/h3-10,12,17H,11H2,1-2H3/t12-,17+/m1/s1. The molecule has 2 nitrogen and oxygen atoms in total. The van der Waals surface area contributed by atoms with Crippen LogP contribution < -0.4 is 9.64 Å². The van der Waals surface area contributed by atoms with E-state index in [9.17, 15) is 0 Å². The van der Waals surface area contributed by atoms with Crippen molar-refractivity contribution in [1.82, 2.24) is 0 Å². The Morgan fingerprint density at radius 2 is 1.70 bits per heavy atom. The predicted octanol–water partition coefficient (Wildman–Crippen LogP) is 4.55. The number of hydrogen-bond donors (Lipinski definition) is 0. The normalized spacial score (nSPS) is 21.4. The second-order valence-electron chi connectivity index (χ2n) is 5.32. The molecule has 3 rings (SSSR count). The van der Waals surface area contributed by atoms with Crippen molar-refractivity contribution in [3.63, 3.8) is 0 Å². The third-order valence-corrected chi connectivity index (χ3v) is 4.23. The van der Waals surface area contributed by atoms with E-state index in [4.69, 9.17) is 16.3 Å². The summed E-state index contributed by atoms with van der Waals surface area (Å²) < 4.78 is 5.21. The van der Waals surface area contributed by atoms with Gasteiger partial charge in [0.2, 0.25) is 0 Å². The predicted molar refractivity (Wildman–Crippen MR) is 83.7 cm³/mol. The van der Waals surface area contributed by atoms with Gasteiger partial charge in [-0.2, -0.15) is 0 Å². The first-order chi connectivity index (χ1) is 9.69. The lowest BCUT2D eigenvalue weighted by molar-refractivity contribution is 0.325. The molecule has 2 atom stereocenters. The van der Waals surface area contributed by atoms with Gasteiger partial charge < -0.3 is 9.64 Å². The molecular formula is C17H18ClNO. The van der Waals surface area contributed by atoms with Crippen LogP contribution in [-0.2, 0) is 0 Å². The largest absolute Gasteiger partial charge is 0.497 e. The van der Waals surface area contributed by atoms with E-state index in [1.54, 1.807) is 7.11 Å². The van der Waals surface area contributed by atoms with E-state index in [-0.39, 0.29) is 0 Å². The molecule has 20 heavy (non-hydrogen) atoms. The fourth-order valence-electron chi connectivity index (χ4n) is 2.90. The summed E-state index contributed by atoms with van der Waals surface area (Å²) in [7, 11) is 1.69. The summed E-state index contributed by atoms with van der Waals surface area (Å²) in [6.45, 7) is 3.37. The Kier molecular flexibility index (Phi) is 3.58. The second kappa shape index (κ2) is 5.37. The van der Waals surface area contributed by atoms with Crippen molar-refractivity contribution in [2.24, 2.45) is 5.92 Å². The van der Waals surface area contributed by atoms with Gasteiger partial charge in [0, 0.05) is 17.3 Å². The highest BCUT2D eigenvalue weighted by Gasteiger charge is 2.36. The lowest BCUT2D eigenvalue weighted by Gasteiger charge is -2.48. The van der Waals surface area contributed by atoms with Crippen molar-refractivity contribution >= 4 is 17.3 Å². The number of hydrogen-bond acceptors (Lipinski definition) is 2. The molecule has 104 valence electrons. The smallest absolute Gasteiger partial charge is 0.119 e. The van der Waals surface area contributed by atoms with Crippen molar-refractivity contribution < 1.29 is 4.74 Å². The Bertz CT molecular complexity index is 579. The molecule has 2 aromatic carbocycles. The Balaban J connectivity index is 1.84. The Hall–Kier alpha value is -1.67. The molecular weight excluding hydrogens is 270 g/mol. The molecule has 1 aliphatic heterocycles. The summed E-state index contributed by atoms with van der Waals surface area (Å²) in [4.78, 5) is 2.42. The van der Waals surface area contributed by atoms with Gasteiger partial charge >= 0.3 is 0 Å². The molecule has 1 saturated heterocycles. The monoisotopic (exact) mass is 287 g/mol. The van der Waals surface area contributed by atoms with Crippen LogP contribution in [-0.4, -0.2) is 13.7 Å². The van der Waals surface area contributed by atoms with Gasteiger partial charge in [-0.1, -0.05) is 30.7 Å². The number of anilines is 1. The number of benzene rings is 2. The van der Waals surface area contributed by atoms with E-state index in [0.717, 1.165) is 17.3 Å². The highest BCUT2D eigenvalue weighted by Crippen LogP contribution is 2.42. The minimum absolute atomic E-state index is 0.431. The number of nitrogens with zero attached hydrogens (tertiary/aromatic N) is 1. The first-order valence-corrected chi connectivity index (χ1v) is 7.23. The van der Waals surface area contributed by atoms with Crippen LogP contribution in [0.25, 0.3) is 0 Å². The van der Waals surface area contributed by atoms with Crippen LogP contribution in [0.3, 0.4) is 0 Å². The lowest BCUT2D eigenvalue weighted by atomic mass is 9.84. The molecule has 1 heterocycles. The van der Waals surface area contributed by atoms with E-state index >= 15 is 0 Å². The zero-order valence-electron chi connectivity index (χ0n) is 11.7. The highest BCUT2D eigenvalue weighted by atomic mass is 35.5. The van der Waals surface area contributed by atoms with E-state index < -0.39 is 0 Å². The van der Waals surface area contributed by atoms with E-state index in [1.165, 1.54) is 11.3 Å². The Labute approximate surface area is 124 Å². The minimum Gasteiger partial charge on any atom is -0.497 e. The Morgan fingerprint density at radius 3 is 2.25 bits per heavy atom. The van der Waals surface area contributed by atoms with Gasteiger partial charge in [0.05, 0.1) is 13.2 Å². The summed E-state index contributed by atoms with van der Waals surface area (Å²) in [5.74, 6) is 1.55. The van der Waals surface area contributed by atoms with Crippen LogP contribution in [0.15, 0.2) is 48.5 Å². The first-order valence-electron chi connectivity index (χ1n) is 6.85. The SMILES string of the molecule is COc1ccc(N2C[C@@H](C)[C@H]2c2ccc(Cl)cc2)cc1. The highest BCUT2D eigenvalue weighted by molar-refractivity contribution is 6.30. The van der Waals surface area contributed by atoms with E-state index in [0.29, 0.717) is 12.0 Å². The van der Waals surface area contributed by atoms with E-state index in [2.05, 4.69) is 36.1 Å².